The van der Waals surface area contributed by atoms with Gasteiger partial charge in [-0.25, -0.2) is 4.39 Å². The fourth-order valence-corrected chi connectivity index (χ4v) is 1.81. The summed E-state index contributed by atoms with van der Waals surface area (Å²) in [5.41, 5.74) is 9.92. The number of nitrogens with one attached hydrogen (secondary N) is 1. The minimum atomic E-state index is -0.195. The van der Waals surface area contributed by atoms with E-state index in [-0.39, 0.29) is 5.82 Å². The Hall–Kier alpha value is -1.68. The Morgan fingerprint density at radius 2 is 2.12 bits per heavy atom. The molecule has 84 valence electrons. The molecule has 0 saturated heterocycles. The SMILES string of the molecule is Cc1cc(-c2c(CN)n[nH]c2C)ccc1F. The van der Waals surface area contributed by atoms with E-state index in [1.807, 2.05) is 13.0 Å². The number of aromatic amines is 1. The molecule has 4 heteroatoms. The van der Waals surface area contributed by atoms with Crippen molar-refractivity contribution in [3.63, 3.8) is 0 Å². The zero-order valence-electron chi connectivity index (χ0n) is 9.34. The van der Waals surface area contributed by atoms with Gasteiger partial charge in [-0.15, -0.1) is 0 Å². The molecule has 0 unspecified atom stereocenters. The van der Waals surface area contributed by atoms with Gasteiger partial charge in [0, 0.05) is 17.8 Å². The lowest BCUT2D eigenvalue weighted by Gasteiger charge is -2.04. The van der Waals surface area contributed by atoms with Crippen LogP contribution >= 0.6 is 0 Å². The largest absolute Gasteiger partial charge is 0.325 e. The summed E-state index contributed by atoms with van der Waals surface area (Å²) in [6.45, 7) is 4.05. The van der Waals surface area contributed by atoms with Crippen molar-refractivity contribution >= 4 is 0 Å². The summed E-state index contributed by atoms with van der Waals surface area (Å²) in [5.74, 6) is -0.195. The summed E-state index contributed by atoms with van der Waals surface area (Å²) >= 11 is 0. The minimum Gasteiger partial charge on any atom is -0.325 e. The van der Waals surface area contributed by atoms with E-state index in [1.165, 1.54) is 6.07 Å². The van der Waals surface area contributed by atoms with E-state index in [2.05, 4.69) is 10.2 Å². The third kappa shape index (κ3) is 1.72. The van der Waals surface area contributed by atoms with Gasteiger partial charge in [-0.2, -0.15) is 5.10 Å². The highest BCUT2D eigenvalue weighted by Gasteiger charge is 2.11. The molecular weight excluding hydrogens is 205 g/mol. The fourth-order valence-electron chi connectivity index (χ4n) is 1.81. The van der Waals surface area contributed by atoms with Crippen LogP contribution in [0, 0.1) is 19.7 Å². The molecule has 0 saturated carbocycles. The van der Waals surface area contributed by atoms with Crippen LogP contribution in [-0.4, -0.2) is 10.2 Å². The Labute approximate surface area is 93.5 Å². The van der Waals surface area contributed by atoms with Gasteiger partial charge < -0.3 is 5.73 Å². The van der Waals surface area contributed by atoms with Crippen LogP contribution in [0.25, 0.3) is 11.1 Å². The summed E-state index contributed by atoms with van der Waals surface area (Å²) in [5, 5.41) is 7.02. The van der Waals surface area contributed by atoms with Crippen LogP contribution < -0.4 is 5.73 Å². The first-order valence-corrected chi connectivity index (χ1v) is 5.14. The molecule has 0 amide bonds. The van der Waals surface area contributed by atoms with E-state index in [0.29, 0.717) is 12.1 Å². The molecule has 0 aliphatic heterocycles. The molecule has 2 rings (SSSR count). The molecule has 1 aromatic heterocycles. The number of rotatable bonds is 2. The lowest BCUT2D eigenvalue weighted by Crippen LogP contribution is -1.99. The first kappa shape index (κ1) is 10.8. The summed E-state index contributed by atoms with van der Waals surface area (Å²) in [7, 11) is 0. The second kappa shape index (κ2) is 4.06. The first-order valence-electron chi connectivity index (χ1n) is 5.14. The van der Waals surface area contributed by atoms with E-state index in [1.54, 1.807) is 13.0 Å². The van der Waals surface area contributed by atoms with E-state index >= 15 is 0 Å². The molecule has 3 nitrogen and oxygen atoms in total. The predicted molar refractivity (Wildman–Crippen MR) is 61.3 cm³/mol. The predicted octanol–water partition coefficient (Wildman–Crippen LogP) is 2.29. The molecule has 0 atom stereocenters. The van der Waals surface area contributed by atoms with Crippen LogP contribution in [0.3, 0.4) is 0 Å². The normalized spacial score (nSPS) is 10.8. The van der Waals surface area contributed by atoms with Crippen molar-refractivity contribution in [2.24, 2.45) is 5.73 Å². The van der Waals surface area contributed by atoms with Crippen LogP contribution in [0.5, 0.6) is 0 Å². The number of aryl methyl sites for hydroxylation is 2. The van der Waals surface area contributed by atoms with E-state index < -0.39 is 0 Å². The van der Waals surface area contributed by atoms with Crippen molar-refractivity contribution in [1.29, 1.82) is 0 Å². The number of hydrogen-bond acceptors (Lipinski definition) is 2. The highest BCUT2D eigenvalue weighted by Crippen LogP contribution is 2.26. The molecule has 0 spiro atoms. The lowest BCUT2D eigenvalue weighted by molar-refractivity contribution is 0.619. The van der Waals surface area contributed by atoms with Gasteiger partial charge in [-0.05, 0) is 37.1 Å². The quantitative estimate of drug-likeness (QED) is 0.814. The van der Waals surface area contributed by atoms with Crippen molar-refractivity contribution in [2.45, 2.75) is 20.4 Å². The first-order chi connectivity index (χ1) is 7.63. The smallest absolute Gasteiger partial charge is 0.126 e. The summed E-state index contributed by atoms with van der Waals surface area (Å²) in [6, 6.07) is 5.03. The number of benzene rings is 1. The number of H-pyrrole nitrogens is 1. The van der Waals surface area contributed by atoms with Crippen molar-refractivity contribution < 1.29 is 4.39 Å². The zero-order chi connectivity index (χ0) is 11.7. The Balaban J connectivity index is 2.57. The minimum absolute atomic E-state index is 0.195. The molecule has 3 N–H and O–H groups in total. The standard InChI is InChI=1S/C12H14FN3/c1-7-5-9(3-4-10(7)13)12-8(2)15-16-11(12)6-14/h3-5H,6,14H2,1-2H3,(H,15,16). The van der Waals surface area contributed by atoms with Crippen molar-refractivity contribution in [3.8, 4) is 11.1 Å². The second-order valence-corrected chi connectivity index (χ2v) is 3.84. The maximum absolute atomic E-state index is 13.2. The van der Waals surface area contributed by atoms with Crippen LogP contribution in [0.2, 0.25) is 0 Å². The highest BCUT2D eigenvalue weighted by molar-refractivity contribution is 5.69. The molecule has 0 aliphatic carbocycles. The molecule has 0 aliphatic rings. The number of nitrogens with zero attached hydrogens (tertiary/aromatic N) is 1. The third-order valence-electron chi connectivity index (χ3n) is 2.66. The van der Waals surface area contributed by atoms with Gasteiger partial charge in [-0.1, -0.05) is 6.07 Å². The van der Waals surface area contributed by atoms with E-state index in [9.17, 15) is 4.39 Å². The maximum Gasteiger partial charge on any atom is 0.126 e. The average molecular weight is 219 g/mol. The molecule has 2 aromatic rings. The topological polar surface area (TPSA) is 54.7 Å². The third-order valence-corrected chi connectivity index (χ3v) is 2.66. The Bertz CT molecular complexity index is 517. The molecule has 16 heavy (non-hydrogen) atoms. The number of hydrogen-bond donors (Lipinski definition) is 2. The summed E-state index contributed by atoms with van der Waals surface area (Å²) in [6.07, 6.45) is 0. The van der Waals surface area contributed by atoms with Crippen LogP contribution in [0.15, 0.2) is 18.2 Å². The average Bonchev–Trinajstić information content (AvgIpc) is 2.64. The number of nitrogens with two attached hydrogens (primary N) is 1. The van der Waals surface area contributed by atoms with E-state index in [0.717, 1.165) is 22.5 Å². The molecule has 0 fully saturated rings. The molecular formula is C12H14FN3. The molecule has 1 aromatic carbocycles. The Kier molecular flexibility index (Phi) is 2.75. The number of halogens is 1. The monoisotopic (exact) mass is 219 g/mol. The van der Waals surface area contributed by atoms with Gasteiger partial charge in [0.25, 0.3) is 0 Å². The van der Waals surface area contributed by atoms with Gasteiger partial charge in [0.15, 0.2) is 0 Å². The summed E-state index contributed by atoms with van der Waals surface area (Å²) in [4.78, 5) is 0. The highest BCUT2D eigenvalue weighted by atomic mass is 19.1. The fraction of sp³-hybridized carbons (Fsp3) is 0.250. The van der Waals surface area contributed by atoms with Crippen LogP contribution in [0.4, 0.5) is 4.39 Å². The van der Waals surface area contributed by atoms with Gasteiger partial charge in [-0.3, -0.25) is 5.10 Å². The van der Waals surface area contributed by atoms with Gasteiger partial charge in [0.1, 0.15) is 5.82 Å². The van der Waals surface area contributed by atoms with E-state index in [4.69, 9.17) is 5.73 Å². The molecule has 1 heterocycles. The molecule has 0 radical (unpaired) electrons. The van der Waals surface area contributed by atoms with Crippen molar-refractivity contribution in [1.82, 2.24) is 10.2 Å². The van der Waals surface area contributed by atoms with Gasteiger partial charge in [0.2, 0.25) is 0 Å². The van der Waals surface area contributed by atoms with Crippen LogP contribution in [0.1, 0.15) is 17.0 Å². The number of aromatic nitrogens is 2. The Morgan fingerprint density at radius 1 is 1.38 bits per heavy atom. The second-order valence-electron chi connectivity index (χ2n) is 3.84. The lowest BCUT2D eigenvalue weighted by atomic mass is 10.0. The maximum atomic E-state index is 13.2. The van der Waals surface area contributed by atoms with Gasteiger partial charge in [0.05, 0.1) is 5.69 Å². The van der Waals surface area contributed by atoms with Crippen molar-refractivity contribution in [2.75, 3.05) is 0 Å². The van der Waals surface area contributed by atoms with Gasteiger partial charge >= 0.3 is 0 Å². The molecule has 0 bridgehead atoms. The van der Waals surface area contributed by atoms with Crippen LogP contribution in [-0.2, 0) is 6.54 Å². The van der Waals surface area contributed by atoms with Crippen molar-refractivity contribution in [3.05, 3.63) is 41.0 Å². The Morgan fingerprint density at radius 3 is 2.75 bits per heavy atom. The summed E-state index contributed by atoms with van der Waals surface area (Å²) < 4.78 is 13.2. The zero-order valence-corrected chi connectivity index (χ0v) is 9.34.